The van der Waals surface area contributed by atoms with Gasteiger partial charge in [-0.2, -0.15) is 5.26 Å². The molecule has 0 saturated heterocycles. The molecule has 0 fully saturated rings. The lowest BCUT2D eigenvalue weighted by molar-refractivity contribution is 0.415. The Morgan fingerprint density at radius 2 is 1.95 bits per heavy atom. The highest BCUT2D eigenvalue weighted by Gasteiger charge is 2.06. The van der Waals surface area contributed by atoms with E-state index in [0.29, 0.717) is 17.0 Å². The van der Waals surface area contributed by atoms with Crippen molar-refractivity contribution in [3.63, 3.8) is 0 Å². The lowest BCUT2D eigenvalue weighted by atomic mass is 10.2. The van der Waals surface area contributed by atoms with Crippen LogP contribution in [0.25, 0.3) is 17.0 Å². The number of aromatic nitrogens is 3. The number of methoxy groups -OCH3 is 1. The minimum absolute atomic E-state index is 0.554. The van der Waals surface area contributed by atoms with Gasteiger partial charge in [0.1, 0.15) is 11.8 Å². The van der Waals surface area contributed by atoms with Crippen molar-refractivity contribution in [2.24, 2.45) is 0 Å². The number of hydrogen-bond acceptors (Lipinski definition) is 4. The van der Waals surface area contributed by atoms with Crippen LogP contribution in [-0.4, -0.2) is 21.7 Å². The van der Waals surface area contributed by atoms with Gasteiger partial charge in [0.05, 0.1) is 12.7 Å². The van der Waals surface area contributed by atoms with Crippen molar-refractivity contribution >= 4 is 5.65 Å². The topological polar surface area (TPSA) is 63.2 Å². The summed E-state index contributed by atoms with van der Waals surface area (Å²) in [5.74, 6) is 1.41. The quantitative estimate of drug-likeness (QED) is 0.700. The van der Waals surface area contributed by atoms with Gasteiger partial charge in [0.15, 0.2) is 11.5 Å². The van der Waals surface area contributed by atoms with Gasteiger partial charge in [-0.25, -0.2) is 9.50 Å². The summed E-state index contributed by atoms with van der Waals surface area (Å²) in [7, 11) is 1.63. The molecule has 2 aromatic heterocycles. The molecule has 1 aromatic carbocycles. The van der Waals surface area contributed by atoms with Crippen molar-refractivity contribution in [3.05, 3.63) is 48.2 Å². The molecule has 0 bridgehead atoms. The van der Waals surface area contributed by atoms with E-state index in [-0.39, 0.29) is 0 Å². The van der Waals surface area contributed by atoms with Crippen molar-refractivity contribution in [2.75, 3.05) is 7.11 Å². The summed E-state index contributed by atoms with van der Waals surface area (Å²) in [6, 6.07) is 13.1. The first kappa shape index (κ1) is 11.2. The summed E-state index contributed by atoms with van der Waals surface area (Å²) in [5.41, 5.74) is 2.17. The number of benzene rings is 1. The second kappa shape index (κ2) is 4.42. The molecule has 0 saturated carbocycles. The van der Waals surface area contributed by atoms with E-state index in [0.717, 1.165) is 11.3 Å². The third-order valence-electron chi connectivity index (χ3n) is 2.81. The molecule has 0 aliphatic heterocycles. The van der Waals surface area contributed by atoms with Crippen LogP contribution < -0.4 is 4.74 Å². The lowest BCUT2D eigenvalue weighted by Gasteiger charge is -1.99. The maximum Gasteiger partial charge on any atom is 0.182 e. The third-order valence-corrected chi connectivity index (χ3v) is 2.81. The molecule has 3 aromatic rings. The number of ether oxygens (including phenoxy) is 1. The standard InChI is InChI=1S/C14H10N4O/c1-19-12-5-3-11(4-6-12)14-16-13-7-2-10(8-15)9-18(13)17-14/h2-7,9H,1H3. The predicted molar refractivity (Wildman–Crippen MR) is 69.7 cm³/mol. The highest BCUT2D eigenvalue weighted by Crippen LogP contribution is 2.20. The minimum atomic E-state index is 0.554. The SMILES string of the molecule is COc1ccc(-c2nc3ccc(C#N)cn3n2)cc1. The summed E-state index contributed by atoms with van der Waals surface area (Å²) in [4.78, 5) is 4.42. The molecule has 0 spiro atoms. The van der Waals surface area contributed by atoms with Gasteiger partial charge in [-0.15, -0.1) is 5.10 Å². The Bertz CT molecular complexity index is 768. The van der Waals surface area contributed by atoms with Crippen molar-refractivity contribution < 1.29 is 4.74 Å². The lowest BCUT2D eigenvalue weighted by Crippen LogP contribution is -1.88. The highest BCUT2D eigenvalue weighted by atomic mass is 16.5. The molecule has 0 atom stereocenters. The molecule has 92 valence electrons. The summed E-state index contributed by atoms with van der Waals surface area (Å²) < 4.78 is 6.72. The van der Waals surface area contributed by atoms with E-state index >= 15 is 0 Å². The van der Waals surface area contributed by atoms with E-state index in [2.05, 4.69) is 16.2 Å². The number of nitrogens with zero attached hydrogens (tertiary/aromatic N) is 4. The van der Waals surface area contributed by atoms with Crippen molar-refractivity contribution in [2.45, 2.75) is 0 Å². The summed E-state index contributed by atoms with van der Waals surface area (Å²) >= 11 is 0. The summed E-state index contributed by atoms with van der Waals surface area (Å²) in [5, 5.41) is 13.2. The van der Waals surface area contributed by atoms with Crippen molar-refractivity contribution in [1.29, 1.82) is 5.26 Å². The average Bonchev–Trinajstić information content (AvgIpc) is 2.90. The Kier molecular flexibility index (Phi) is 2.62. The maximum absolute atomic E-state index is 8.85. The molecule has 0 unspecified atom stereocenters. The fourth-order valence-corrected chi connectivity index (χ4v) is 1.81. The Labute approximate surface area is 109 Å². The first-order valence-electron chi connectivity index (χ1n) is 5.71. The van der Waals surface area contributed by atoms with Crippen molar-refractivity contribution in [3.8, 4) is 23.2 Å². The van der Waals surface area contributed by atoms with Gasteiger partial charge in [0.2, 0.25) is 0 Å². The minimum Gasteiger partial charge on any atom is -0.497 e. The fraction of sp³-hybridized carbons (Fsp3) is 0.0714. The van der Waals surface area contributed by atoms with Gasteiger partial charge < -0.3 is 4.74 Å². The summed E-state index contributed by atoms with van der Waals surface area (Å²) in [6.45, 7) is 0. The highest BCUT2D eigenvalue weighted by molar-refractivity contribution is 5.59. The second-order valence-electron chi connectivity index (χ2n) is 4.00. The van der Waals surface area contributed by atoms with E-state index < -0.39 is 0 Å². The van der Waals surface area contributed by atoms with Crippen LogP contribution in [-0.2, 0) is 0 Å². The molecule has 0 radical (unpaired) electrons. The van der Waals surface area contributed by atoms with Gasteiger partial charge in [-0.3, -0.25) is 0 Å². The number of hydrogen-bond donors (Lipinski definition) is 0. The zero-order valence-electron chi connectivity index (χ0n) is 10.2. The Hall–Kier alpha value is -2.87. The number of rotatable bonds is 2. The molecule has 0 aliphatic carbocycles. The van der Waals surface area contributed by atoms with E-state index in [9.17, 15) is 0 Å². The van der Waals surface area contributed by atoms with Crippen LogP contribution in [0.4, 0.5) is 0 Å². The predicted octanol–water partition coefficient (Wildman–Crippen LogP) is 2.28. The largest absolute Gasteiger partial charge is 0.497 e. The van der Waals surface area contributed by atoms with Crippen LogP contribution in [0.2, 0.25) is 0 Å². The second-order valence-corrected chi connectivity index (χ2v) is 4.00. The molecular weight excluding hydrogens is 240 g/mol. The monoisotopic (exact) mass is 250 g/mol. The molecule has 0 aliphatic rings. The number of nitriles is 1. The Morgan fingerprint density at radius 1 is 1.16 bits per heavy atom. The number of fused-ring (bicyclic) bond motifs is 1. The van der Waals surface area contributed by atoms with Crippen LogP contribution in [0.3, 0.4) is 0 Å². The molecule has 19 heavy (non-hydrogen) atoms. The van der Waals surface area contributed by atoms with Crippen LogP contribution in [0.1, 0.15) is 5.56 Å². The van der Waals surface area contributed by atoms with Gasteiger partial charge in [-0.1, -0.05) is 0 Å². The first-order valence-corrected chi connectivity index (χ1v) is 5.71. The zero-order chi connectivity index (χ0) is 13.2. The summed E-state index contributed by atoms with van der Waals surface area (Å²) in [6.07, 6.45) is 1.66. The van der Waals surface area contributed by atoms with E-state index in [4.69, 9.17) is 10.00 Å². The van der Waals surface area contributed by atoms with E-state index in [1.807, 2.05) is 24.3 Å². The smallest absolute Gasteiger partial charge is 0.182 e. The van der Waals surface area contributed by atoms with Gasteiger partial charge in [0, 0.05) is 11.8 Å². The van der Waals surface area contributed by atoms with Crippen LogP contribution >= 0.6 is 0 Å². The maximum atomic E-state index is 8.85. The Balaban J connectivity index is 2.07. The molecule has 2 heterocycles. The molecule has 3 rings (SSSR count). The van der Waals surface area contributed by atoms with Gasteiger partial charge in [0.25, 0.3) is 0 Å². The van der Waals surface area contributed by atoms with Gasteiger partial charge >= 0.3 is 0 Å². The number of pyridine rings is 1. The molecular formula is C14H10N4O. The molecule has 0 N–H and O–H groups in total. The third kappa shape index (κ3) is 2.00. The van der Waals surface area contributed by atoms with E-state index in [1.165, 1.54) is 0 Å². The molecule has 5 nitrogen and oxygen atoms in total. The zero-order valence-corrected chi connectivity index (χ0v) is 10.2. The van der Waals surface area contributed by atoms with E-state index in [1.54, 1.807) is 30.0 Å². The van der Waals surface area contributed by atoms with Crippen molar-refractivity contribution in [1.82, 2.24) is 14.6 Å². The Morgan fingerprint density at radius 3 is 2.63 bits per heavy atom. The normalized spacial score (nSPS) is 10.3. The van der Waals surface area contributed by atoms with Crippen LogP contribution in [0, 0.1) is 11.3 Å². The molecule has 0 amide bonds. The average molecular weight is 250 g/mol. The first-order chi connectivity index (χ1) is 9.30. The van der Waals surface area contributed by atoms with Gasteiger partial charge in [-0.05, 0) is 36.4 Å². The molecule has 5 heteroatoms. The van der Waals surface area contributed by atoms with Crippen LogP contribution in [0.5, 0.6) is 5.75 Å². The van der Waals surface area contributed by atoms with Crippen LogP contribution in [0.15, 0.2) is 42.6 Å². The fourth-order valence-electron chi connectivity index (χ4n) is 1.81.